The number of aryl methyl sites for hydroxylation is 1. The number of hydrazone groups is 1. The molecule has 156 valence electrons. The fourth-order valence-electron chi connectivity index (χ4n) is 2.55. The summed E-state index contributed by atoms with van der Waals surface area (Å²) >= 11 is 13.5. The molecule has 1 amide bonds. The van der Waals surface area contributed by atoms with E-state index in [1.54, 1.807) is 43.3 Å². The molecule has 1 aromatic heterocycles. The predicted octanol–water partition coefficient (Wildman–Crippen LogP) is 4.69. The minimum Gasteiger partial charge on any atom is -0.493 e. The summed E-state index contributed by atoms with van der Waals surface area (Å²) < 4.78 is 11.2. The molecule has 0 bridgehead atoms. The zero-order valence-corrected chi connectivity index (χ0v) is 18.4. The van der Waals surface area contributed by atoms with Gasteiger partial charge in [0, 0.05) is 15.6 Å². The van der Waals surface area contributed by atoms with E-state index in [4.69, 9.17) is 38.4 Å². The van der Waals surface area contributed by atoms with Gasteiger partial charge in [-0.15, -0.1) is 0 Å². The number of halogens is 2. The molecule has 0 fully saturated rings. The fraction of sp³-hybridized carbons (Fsp3) is 0.150. The maximum Gasteiger partial charge on any atom is 0.283 e. The van der Waals surface area contributed by atoms with Crippen molar-refractivity contribution in [1.82, 2.24) is 10.4 Å². The van der Waals surface area contributed by atoms with E-state index in [-0.39, 0.29) is 12.5 Å². The van der Waals surface area contributed by atoms with Crippen LogP contribution in [0.2, 0.25) is 10.0 Å². The maximum absolute atomic E-state index is 12.1. The number of hydrogen-bond acceptors (Lipinski definition) is 7. The Morgan fingerprint density at radius 2 is 2.00 bits per heavy atom. The van der Waals surface area contributed by atoms with Crippen LogP contribution in [0.4, 0.5) is 5.13 Å². The number of amides is 1. The van der Waals surface area contributed by atoms with E-state index in [0.717, 1.165) is 11.3 Å². The minimum absolute atomic E-state index is 0.190. The zero-order chi connectivity index (χ0) is 21.7. The number of hydrogen-bond donors (Lipinski definition) is 2. The fourth-order valence-corrected chi connectivity index (χ4v) is 3.78. The first-order chi connectivity index (χ1) is 14.4. The Morgan fingerprint density at radius 3 is 2.63 bits per heavy atom. The smallest absolute Gasteiger partial charge is 0.283 e. The number of carbonyl (C=O) groups is 1. The number of anilines is 1. The summed E-state index contributed by atoms with van der Waals surface area (Å²) in [6, 6.07) is 10.5. The molecule has 0 atom stereocenters. The molecule has 0 saturated carbocycles. The molecule has 0 aliphatic rings. The monoisotopic (exact) mass is 464 g/mol. The molecule has 7 nitrogen and oxygen atoms in total. The molecule has 3 aromatic rings. The van der Waals surface area contributed by atoms with Crippen molar-refractivity contribution in [3.8, 4) is 11.5 Å². The van der Waals surface area contributed by atoms with Crippen LogP contribution in [0, 0.1) is 6.92 Å². The molecule has 30 heavy (non-hydrogen) atoms. The van der Waals surface area contributed by atoms with Crippen molar-refractivity contribution < 1.29 is 14.3 Å². The Balaban J connectivity index is 1.67. The molecule has 3 rings (SSSR count). The standard InChI is InChI=1S/C20H18Cl2N4O3S/c1-11-18(30-20(23)25-11)19(27)26-24-9-12-6-7-16(17(8-12)28-2)29-10-13-14(21)4-3-5-15(13)22/h3-9H,10H2,1-2H3,(H2,23,25)(H,26,27)/b24-9-. The van der Waals surface area contributed by atoms with Crippen LogP contribution in [-0.4, -0.2) is 24.2 Å². The number of ether oxygens (including phenoxy) is 2. The van der Waals surface area contributed by atoms with Crippen molar-refractivity contribution in [3.63, 3.8) is 0 Å². The topological polar surface area (TPSA) is 98.8 Å². The van der Waals surface area contributed by atoms with E-state index < -0.39 is 0 Å². The molecular weight excluding hydrogens is 447 g/mol. The molecule has 2 aromatic carbocycles. The number of nitrogens with two attached hydrogens (primary N) is 1. The second-order valence-corrected chi connectivity index (χ2v) is 7.91. The highest BCUT2D eigenvalue weighted by Gasteiger charge is 2.13. The number of nitrogens with zero attached hydrogens (tertiary/aromatic N) is 2. The molecule has 0 aliphatic heterocycles. The van der Waals surface area contributed by atoms with Gasteiger partial charge in [0.15, 0.2) is 16.6 Å². The molecule has 10 heteroatoms. The van der Waals surface area contributed by atoms with Gasteiger partial charge in [0.2, 0.25) is 0 Å². The second kappa shape index (κ2) is 9.80. The zero-order valence-electron chi connectivity index (χ0n) is 16.1. The number of benzene rings is 2. The molecule has 0 radical (unpaired) electrons. The normalized spacial score (nSPS) is 10.9. The Morgan fingerprint density at radius 1 is 1.27 bits per heavy atom. The van der Waals surface area contributed by atoms with Crippen LogP contribution in [0.1, 0.15) is 26.5 Å². The van der Waals surface area contributed by atoms with E-state index in [0.29, 0.717) is 48.4 Å². The van der Waals surface area contributed by atoms with Crippen LogP contribution in [0.3, 0.4) is 0 Å². The largest absolute Gasteiger partial charge is 0.493 e. The number of methoxy groups -OCH3 is 1. The predicted molar refractivity (Wildman–Crippen MR) is 120 cm³/mol. The number of nitrogens with one attached hydrogen (secondary N) is 1. The van der Waals surface area contributed by atoms with Gasteiger partial charge in [-0.3, -0.25) is 4.79 Å². The van der Waals surface area contributed by atoms with Crippen molar-refractivity contribution in [1.29, 1.82) is 0 Å². The highest BCUT2D eigenvalue weighted by atomic mass is 35.5. The van der Waals surface area contributed by atoms with E-state index in [1.807, 2.05) is 0 Å². The molecular formula is C20H18Cl2N4O3S. The van der Waals surface area contributed by atoms with Crippen molar-refractivity contribution >= 4 is 51.8 Å². The van der Waals surface area contributed by atoms with Gasteiger partial charge < -0.3 is 15.2 Å². The molecule has 0 saturated heterocycles. The van der Waals surface area contributed by atoms with Gasteiger partial charge >= 0.3 is 0 Å². The first-order valence-electron chi connectivity index (χ1n) is 8.69. The summed E-state index contributed by atoms with van der Waals surface area (Å²) in [5.41, 5.74) is 10.0. The Hall–Kier alpha value is -2.81. The summed E-state index contributed by atoms with van der Waals surface area (Å²) in [6.07, 6.45) is 1.49. The third-order valence-electron chi connectivity index (χ3n) is 4.02. The summed E-state index contributed by atoms with van der Waals surface area (Å²) in [4.78, 5) is 16.6. The quantitative estimate of drug-likeness (QED) is 0.390. The van der Waals surface area contributed by atoms with Gasteiger partial charge in [0.25, 0.3) is 5.91 Å². The molecule has 3 N–H and O–H groups in total. The number of rotatable bonds is 7. The number of carbonyl (C=O) groups excluding carboxylic acids is 1. The molecule has 0 spiro atoms. The minimum atomic E-state index is -0.374. The lowest BCUT2D eigenvalue weighted by Gasteiger charge is -2.13. The number of aromatic nitrogens is 1. The van der Waals surface area contributed by atoms with Crippen LogP contribution in [0.15, 0.2) is 41.5 Å². The van der Waals surface area contributed by atoms with E-state index in [9.17, 15) is 4.79 Å². The first-order valence-corrected chi connectivity index (χ1v) is 10.3. The van der Waals surface area contributed by atoms with E-state index >= 15 is 0 Å². The second-order valence-electron chi connectivity index (χ2n) is 6.06. The highest BCUT2D eigenvalue weighted by molar-refractivity contribution is 7.17. The maximum atomic E-state index is 12.1. The Labute approximate surface area is 187 Å². The Kier molecular flexibility index (Phi) is 7.15. The molecule has 0 aliphatic carbocycles. The average Bonchev–Trinajstić information content (AvgIpc) is 3.06. The van der Waals surface area contributed by atoms with Gasteiger partial charge in [0.1, 0.15) is 11.5 Å². The van der Waals surface area contributed by atoms with Crippen LogP contribution in [0.5, 0.6) is 11.5 Å². The van der Waals surface area contributed by atoms with E-state index in [2.05, 4.69) is 15.5 Å². The number of thiazole rings is 1. The van der Waals surface area contributed by atoms with E-state index in [1.165, 1.54) is 13.3 Å². The lowest BCUT2D eigenvalue weighted by Crippen LogP contribution is -2.17. The lowest BCUT2D eigenvalue weighted by molar-refractivity contribution is 0.0958. The van der Waals surface area contributed by atoms with Gasteiger partial charge in [-0.25, -0.2) is 10.4 Å². The summed E-state index contributed by atoms with van der Waals surface area (Å²) in [6.45, 7) is 1.90. The van der Waals surface area contributed by atoms with Crippen molar-refractivity contribution in [2.24, 2.45) is 5.10 Å². The third-order valence-corrected chi connectivity index (χ3v) is 5.71. The van der Waals surface area contributed by atoms with Crippen LogP contribution in [-0.2, 0) is 6.61 Å². The lowest BCUT2D eigenvalue weighted by atomic mass is 10.2. The SMILES string of the molecule is COc1cc(/C=N\NC(=O)c2sc(N)nc2C)ccc1OCc1c(Cl)cccc1Cl. The van der Waals surface area contributed by atoms with Gasteiger partial charge in [0.05, 0.1) is 19.0 Å². The summed E-state index contributed by atoms with van der Waals surface area (Å²) in [5, 5.41) is 5.36. The van der Waals surface area contributed by atoms with Crippen LogP contribution < -0.4 is 20.6 Å². The van der Waals surface area contributed by atoms with Crippen molar-refractivity contribution in [3.05, 3.63) is 68.1 Å². The molecule has 0 unspecified atom stereocenters. The van der Waals surface area contributed by atoms with Crippen molar-refractivity contribution in [2.75, 3.05) is 12.8 Å². The van der Waals surface area contributed by atoms with Gasteiger partial charge in [-0.05, 0) is 42.8 Å². The van der Waals surface area contributed by atoms with Crippen LogP contribution in [0.25, 0.3) is 0 Å². The highest BCUT2D eigenvalue weighted by Crippen LogP contribution is 2.31. The summed E-state index contributed by atoms with van der Waals surface area (Å²) in [7, 11) is 1.53. The average molecular weight is 465 g/mol. The van der Waals surface area contributed by atoms with Gasteiger partial charge in [-0.2, -0.15) is 5.10 Å². The van der Waals surface area contributed by atoms with Crippen LogP contribution >= 0.6 is 34.5 Å². The first kappa shape index (κ1) is 21.9. The number of nitrogen functional groups attached to an aromatic ring is 1. The third kappa shape index (κ3) is 5.21. The van der Waals surface area contributed by atoms with Crippen molar-refractivity contribution in [2.45, 2.75) is 13.5 Å². The molecule has 1 heterocycles. The summed E-state index contributed by atoms with van der Waals surface area (Å²) in [5.74, 6) is 0.645. The Bertz CT molecular complexity index is 1080. The van der Waals surface area contributed by atoms with Gasteiger partial charge in [-0.1, -0.05) is 40.6 Å².